The van der Waals surface area contributed by atoms with E-state index in [1.807, 2.05) is 30.3 Å². The van der Waals surface area contributed by atoms with Crippen molar-refractivity contribution in [2.75, 3.05) is 17.2 Å². The number of nitrogens with two attached hydrogens (primary N) is 1. The van der Waals surface area contributed by atoms with Gasteiger partial charge in [-0.25, -0.2) is 0 Å². The monoisotopic (exact) mass is 350 g/mol. The number of fused-ring (bicyclic) bond motifs is 1. The Morgan fingerprint density at radius 3 is 2.90 bits per heavy atom. The van der Waals surface area contributed by atoms with Crippen LogP contribution in [0.1, 0.15) is 15.9 Å². The standard InChI is InChI=1S/C15H12BrClN2O/c16-12-3-1-2-11(14(12)17)15(20)19-7-6-9-8-10(18)4-5-13(9)19/h1-5,8H,6-7,18H2. The Kier molecular flexibility index (Phi) is 3.44. The number of hydrogen-bond acceptors (Lipinski definition) is 2. The molecular weight excluding hydrogens is 340 g/mol. The molecule has 0 saturated carbocycles. The molecule has 2 N–H and O–H groups in total. The lowest BCUT2D eigenvalue weighted by molar-refractivity contribution is 0.0989. The van der Waals surface area contributed by atoms with E-state index in [2.05, 4.69) is 15.9 Å². The van der Waals surface area contributed by atoms with Gasteiger partial charge >= 0.3 is 0 Å². The van der Waals surface area contributed by atoms with Crippen LogP contribution >= 0.6 is 27.5 Å². The summed E-state index contributed by atoms with van der Waals surface area (Å²) in [6, 6.07) is 11.0. The predicted molar refractivity (Wildman–Crippen MR) is 85.4 cm³/mol. The van der Waals surface area contributed by atoms with Gasteiger partial charge in [-0.05, 0) is 58.2 Å². The van der Waals surface area contributed by atoms with Crippen molar-refractivity contribution in [2.24, 2.45) is 0 Å². The van der Waals surface area contributed by atoms with E-state index in [-0.39, 0.29) is 5.91 Å². The van der Waals surface area contributed by atoms with Crippen molar-refractivity contribution in [3.05, 3.63) is 57.0 Å². The van der Waals surface area contributed by atoms with Crippen LogP contribution in [0.15, 0.2) is 40.9 Å². The van der Waals surface area contributed by atoms with Crippen LogP contribution in [0.2, 0.25) is 5.02 Å². The minimum Gasteiger partial charge on any atom is -0.399 e. The number of nitrogens with zero attached hydrogens (tertiary/aromatic N) is 1. The molecule has 1 aliphatic rings. The molecule has 5 heteroatoms. The maximum atomic E-state index is 12.7. The molecule has 3 nitrogen and oxygen atoms in total. The molecule has 0 aromatic heterocycles. The Balaban J connectivity index is 2.00. The van der Waals surface area contributed by atoms with Gasteiger partial charge in [0.25, 0.3) is 5.91 Å². The lowest BCUT2D eigenvalue weighted by Crippen LogP contribution is -2.29. The summed E-state index contributed by atoms with van der Waals surface area (Å²) in [5, 5.41) is 0.446. The van der Waals surface area contributed by atoms with Crippen molar-refractivity contribution in [2.45, 2.75) is 6.42 Å². The molecule has 0 bridgehead atoms. The van der Waals surface area contributed by atoms with Gasteiger partial charge in [-0.2, -0.15) is 0 Å². The summed E-state index contributed by atoms with van der Waals surface area (Å²) in [5.74, 6) is -0.0835. The number of benzene rings is 2. The summed E-state index contributed by atoms with van der Waals surface area (Å²) in [5.41, 5.74) is 9.02. The number of carbonyl (C=O) groups is 1. The van der Waals surface area contributed by atoms with Crippen molar-refractivity contribution < 1.29 is 4.79 Å². The first-order chi connectivity index (χ1) is 9.58. The number of halogens is 2. The molecular formula is C15H12BrClN2O. The smallest absolute Gasteiger partial charge is 0.259 e. The average Bonchev–Trinajstić information content (AvgIpc) is 2.84. The first-order valence-electron chi connectivity index (χ1n) is 6.22. The fourth-order valence-corrected chi connectivity index (χ4v) is 3.02. The number of hydrogen-bond donors (Lipinski definition) is 1. The van der Waals surface area contributed by atoms with Crippen molar-refractivity contribution in [1.82, 2.24) is 0 Å². The Morgan fingerprint density at radius 1 is 1.30 bits per heavy atom. The molecule has 2 aromatic rings. The van der Waals surface area contributed by atoms with Gasteiger partial charge in [-0.3, -0.25) is 4.79 Å². The highest BCUT2D eigenvalue weighted by Gasteiger charge is 2.27. The molecule has 2 aromatic carbocycles. The Hall–Kier alpha value is -1.52. The minimum absolute atomic E-state index is 0.0835. The molecule has 1 heterocycles. The topological polar surface area (TPSA) is 46.3 Å². The lowest BCUT2D eigenvalue weighted by atomic mass is 10.1. The second-order valence-electron chi connectivity index (χ2n) is 4.70. The van der Waals surface area contributed by atoms with E-state index in [0.717, 1.165) is 27.8 Å². The van der Waals surface area contributed by atoms with E-state index in [0.29, 0.717) is 17.1 Å². The zero-order chi connectivity index (χ0) is 14.3. The number of rotatable bonds is 1. The summed E-state index contributed by atoms with van der Waals surface area (Å²) in [6.45, 7) is 0.653. The molecule has 20 heavy (non-hydrogen) atoms. The highest BCUT2D eigenvalue weighted by molar-refractivity contribution is 9.10. The Bertz CT molecular complexity index is 702. The first kappa shape index (κ1) is 13.5. The second-order valence-corrected chi connectivity index (χ2v) is 5.93. The second kappa shape index (κ2) is 5.11. The fourth-order valence-electron chi connectivity index (χ4n) is 2.45. The van der Waals surface area contributed by atoms with E-state index < -0.39 is 0 Å². The third-order valence-electron chi connectivity index (χ3n) is 3.43. The Morgan fingerprint density at radius 2 is 2.10 bits per heavy atom. The quantitative estimate of drug-likeness (QED) is 0.792. The molecule has 1 amide bonds. The molecule has 0 unspecified atom stereocenters. The van der Waals surface area contributed by atoms with Crippen LogP contribution < -0.4 is 10.6 Å². The molecule has 3 rings (SSSR count). The zero-order valence-corrected chi connectivity index (χ0v) is 12.9. The molecule has 1 aliphatic heterocycles. The van der Waals surface area contributed by atoms with Crippen LogP contribution in [0, 0.1) is 0 Å². The summed E-state index contributed by atoms with van der Waals surface area (Å²) in [4.78, 5) is 14.4. The fraction of sp³-hybridized carbons (Fsp3) is 0.133. The van der Waals surface area contributed by atoms with Crippen LogP contribution in [-0.2, 0) is 6.42 Å². The number of nitrogen functional groups attached to an aromatic ring is 1. The number of anilines is 2. The van der Waals surface area contributed by atoms with Gasteiger partial charge < -0.3 is 10.6 Å². The molecule has 0 fully saturated rings. The van der Waals surface area contributed by atoms with Gasteiger partial charge in [-0.1, -0.05) is 17.7 Å². The molecule has 0 radical (unpaired) electrons. The van der Waals surface area contributed by atoms with E-state index in [9.17, 15) is 4.79 Å². The maximum Gasteiger partial charge on any atom is 0.259 e. The molecule has 0 spiro atoms. The number of amides is 1. The van der Waals surface area contributed by atoms with Gasteiger partial charge in [-0.15, -0.1) is 0 Å². The van der Waals surface area contributed by atoms with Crippen LogP contribution in [0.25, 0.3) is 0 Å². The maximum absolute atomic E-state index is 12.7. The zero-order valence-electron chi connectivity index (χ0n) is 10.6. The van der Waals surface area contributed by atoms with Crippen molar-refractivity contribution in [3.63, 3.8) is 0 Å². The molecule has 0 aliphatic carbocycles. The summed E-state index contributed by atoms with van der Waals surface area (Å²) in [6.07, 6.45) is 0.817. The van der Waals surface area contributed by atoms with Gasteiger partial charge in [0.1, 0.15) is 0 Å². The normalized spacial score (nSPS) is 13.4. The molecule has 102 valence electrons. The van der Waals surface area contributed by atoms with Crippen LogP contribution in [0.3, 0.4) is 0 Å². The van der Waals surface area contributed by atoms with Gasteiger partial charge in [0.2, 0.25) is 0 Å². The van der Waals surface area contributed by atoms with E-state index in [1.165, 1.54) is 0 Å². The molecule has 0 atom stereocenters. The predicted octanol–water partition coefficient (Wildman–Crippen LogP) is 3.89. The number of carbonyl (C=O) groups excluding carboxylic acids is 1. The van der Waals surface area contributed by atoms with Crippen molar-refractivity contribution in [1.29, 1.82) is 0 Å². The minimum atomic E-state index is -0.0835. The Labute approximate surface area is 130 Å². The SMILES string of the molecule is Nc1ccc2c(c1)CCN2C(=O)c1cccc(Br)c1Cl. The first-order valence-corrected chi connectivity index (χ1v) is 7.39. The largest absolute Gasteiger partial charge is 0.399 e. The van der Waals surface area contributed by atoms with Crippen LogP contribution in [0.4, 0.5) is 11.4 Å². The third kappa shape index (κ3) is 2.19. The van der Waals surface area contributed by atoms with E-state index in [4.69, 9.17) is 17.3 Å². The van der Waals surface area contributed by atoms with E-state index in [1.54, 1.807) is 11.0 Å². The third-order valence-corrected chi connectivity index (χ3v) is 4.72. The average molecular weight is 352 g/mol. The van der Waals surface area contributed by atoms with Crippen molar-refractivity contribution >= 4 is 44.8 Å². The highest BCUT2D eigenvalue weighted by Crippen LogP contribution is 2.33. The summed E-state index contributed by atoms with van der Waals surface area (Å²) in [7, 11) is 0. The highest BCUT2D eigenvalue weighted by atomic mass is 79.9. The van der Waals surface area contributed by atoms with Crippen molar-refractivity contribution in [3.8, 4) is 0 Å². The van der Waals surface area contributed by atoms with Gasteiger partial charge in [0.05, 0.1) is 10.6 Å². The summed E-state index contributed by atoms with van der Waals surface area (Å²) >= 11 is 9.55. The molecule has 0 saturated heterocycles. The van der Waals surface area contributed by atoms with Crippen LogP contribution in [-0.4, -0.2) is 12.5 Å². The lowest BCUT2D eigenvalue weighted by Gasteiger charge is -2.18. The van der Waals surface area contributed by atoms with Gasteiger partial charge in [0, 0.05) is 22.4 Å². The van der Waals surface area contributed by atoms with Gasteiger partial charge in [0.15, 0.2) is 0 Å². The summed E-state index contributed by atoms with van der Waals surface area (Å²) < 4.78 is 0.724. The van der Waals surface area contributed by atoms with Crippen LogP contribution in [0.5, 0.6) is 0 Å². The van der Waals surface area contributed by atoms with E-state index >= 15 is 0 Å².